The monoisotopic (exact) mass is 431 g/mol. The van der Waals surface area contributed by atoms with E-state index in [0.717, 1.165) is 29.0 Å². The van der Waals surface area contributed by atoms with Crippen molar-refractivity contribution in [3.05, 3.63) is 69.2 Å². The van der Waals surface area contributed by atoms with Crippen molar-refractivity contribution in [3.63, 3.8) is 0 Å². The second-order valence-electron chi connectivity index (χ2n) is 4.91. The summed E-state index contributed by atoms with van der Waals surface area (Å²) in [6, 6.07) is 8.41. The summed E-state index contributed by atoms with van der Waals surface area (Å²) in [5, 5.41) is 11.3. The fraction of sp³-hybridized carbons (Fsp3) is 0.0625. The highest BCUT2D eigenvalue weighted by atomic mass is 35.5. The number of hydrogen-bond acceptors (Lipinski definition) is 5. The van der Waals surface area contributed by atoms with Crippen LogP contribution < -0.4 is 5.32 Å². The third-order valence-corrected chi connectivity index (χ3v) is 5.93. The van der Waals surface area contributed by atoms with Crippen molar-refractivity contribution in [2.45, 2.75) is 10.1 Å². The average molecular weight is 432 g/mol. The summed E-state index contributed by atoms with van der Waals surface area (Å²) in [5.41, 5.74) is 0.0924. The van der Waals surface area contributed by atoms with Crippen LogP contribution >= 0.6 is 46.3 Å². The number of benzene rings is 2. The lowest BCUT2D eigenvalue weighted by Crippen LogP contribution is -2.15. The highest BCUT2D eigenvalue weighted by Crippen LogP contribution is 2.33. The molecule has 134 valence electrons. The zero-order chi connectivity index (χ0) is 18.7. The molecule has 0 fully saturated rings. The van der Waals surface area contributed by atoms with Crippen molar-refractivity contribution in [2.24, 2.45) is 0 Å². The summed E-state index contributed by atoms with van der Waals surface area (Å²) in [7, 11) is 0. The molecule has 4 nitrogen and oxygen atoms in total. The molecule has 1 heterocycles. The van der Waals surface area contributed by atoms with Gasteiger partial charge in [0, 0.05) is 15.8 Å². The van der Waals surface area contributed by atoms with E-state index in [1.807, 2.05) is 0 Å². The number of carbonyl (C=O) groups excluding carboxylic acids is 1. The van der Waals surface area contributed by atoms with Crippen LogP contribution in [0.1, 0.15) is 15.9 Å². The molecule has 26 heavy (non-hydrogen) atoms. The summed E-state index contributed by atoms with van der Waals surface area (Å²) in [5.74, 6) is -2.37. The number of halogens is 4. The fourth-order valence-electron chi connectivity index (χ4n) is 2.00. The molecule has 0 aliphatic rings. The van der Waals surface area contributed by atoms with Crippen molar-refractivity contribution < 1.29 is 13.6 Å². The SMILES string of the molecule is O=C(Nc1nnc(SCc2c(Cl)cccc2Cl)s1)c1c(F)cccc1F. The molecule has 1 N–H and O–H groups in total. The van der Waals surface area contributed by atoms with Gasteiger partial charge in [0.05, 0.1) is 0 Å². The summed E-state index contributed by atoms with van der Waals surface area (Å²) >= 11 is 14.6. The van der Waals surface area contributed by atoms with Crippen molar-refractivity contribution in [3.8, 4) is 0 Å². The number of nitrogens with one attached hydrogen (secondary N) is 1. The first-order valence-electron chi connectivity index (χ1n) is 7.10. The Bertz CT molecular complexity index is 928. The van der Waals surface area contributed by atoms with E-state index < -0.39 is 23.1 Å². The maximum absolute atomic E-state index is 13.6. The Morgan fingerprint density at radius 2 is 1.69 bits per heavy atom. The molecule has 0 unspecified atom stereocenters. The number of amides is 1. The molecule has 0 bridgehead atoms. The molecule has 3 rings (SSSR count). The van der Waals surface area contributed by atoms with Crippen LogP contribution in [0.15, 0.2) is 40.7 Å². The predicted octanol–water partition coefficient (Wildman–Crippen LogP) is 5.67. The molecule has 10 heteroatoms. The lowest BCUT2D eigenvalue weighted by atomic mass is 10.2. The lowest BCUT2D eigenvalue weighted by Gasteiger charge is -2.04. The smallest absolute Gasteiger partial charge is 0.263 e. The quantitative estimate of drug-likeness (QED) is 0.417. The summed E-state index contributed by atoms with van der Waals surface area (Å²) in [6.07, 6.45) is 0. The van der Waals surface area contributed by atoms with E-state index in [0.29, 0.717) is 20.1 Å². The van der Waals surface area contributed by atoms with Gasteiger partial charge >= 0.3 is 0 Å². The Balaban J connectivity index is 1.68. The van der Waals surface area contributed by atoms with Crippen molar-refractivity contribution in [1.82, 2.24) is 10.2 Å². The number of aromatic nitrogens is 2. The van der Waals surface area contributed by atoms with Gasteiger partial charge in [-0.3, -0.25) is 10.1 Å². The number of rotatable bonds is 5. The third kappa shape index (κ3) is 4.32. The number of nitrogens with zero attached hydrogens (tertiary/aromatic N) is 2. The van der Waals surface area contributed by atoms with E-state index in [-0.39, 0.29) is 5.13 Å². The molecule has 2 aromatic carbocycles. The number of thioether (sulfide) groups is 1. The Morgan fingerprint density at radius 3 is 2.35 bits per heavy atom. The number of carbonyl (C=O) groups is 1. The Morgan fingerprint density at radius 1 is 1.08 bits per heavy atom. The second kappa shape index (κ2) is 8.30. The summed E-state index contributed by atoms with van der Waals surface area (Å²) in [4.78, 5) is 12.0. The number of hydrogen-bond donors (Lipinski definition) is 1. The zero-order valence-electron chi connectivity index (χ0n) is 12.8. The van der Waals surface area contributed by atoms with Gasteiger partial charge in [-0.2, -0.15) is 0 Å². The fourth-order valence-corrected chi connectivity index (χ4v) is 4.49. The first-order valence-corrected chi connectivity index (χ1v) is 9.66. The zero-order valence-corrected chi connectivity index (χ0v) is 15.9. The molecule has 0 aliphatic heterocycles. The highest BCUT2D eigenvalue weighted by molar-refractivity contribution is 8.00. The molecule has 0 spiro atoms. The number of anilines is 1. The van der Waals surface area contributed by atoms with Gasteiger partial charge in [-0.15, -0.1) is 10.2 Å². The van der Waals surface area contributed by atoms with E-state index in [1.54, 1.807) is 18.2 Å². The van der Waals surface area contributed by atoms with Crippen LogP contribution in [0, 0.1) is 11.6 Å². The maximum Gasteiger partial charge on any atom is 0.263 e. The first-order chi connectivity index (χ1) is 12.5. The van der Waals surface area contributed by atoms with Crippen LogP contribution in [0.2, 0.25) is 10.0 Å². The molecule has 0 atom stereocenters. The molecule has 3 aromatic rings. The van der Waals surface area contributed by atoms with Crippen molar-refractivity contribution in [2.75, 3.05) is 5.32 Å². The van der Waals surface area contributed by atoms with E-state index in [4.69, 9.17) is 23.2 Å². The standard InChI is InChI=1S/C16H9Cl2F2N3OS2/c17-9-3-1-4-10(18)8(9)7-25-16-23-22-15(26-16)21-14(24)13-11(19)5-2-6-12(13)20/h1-6H,7H2,(H,21,22,24). The Labute approximate surface area is 165 Å². The van der Waals surface area contributed by atoms with E-state index in [2.05, 4.69) is 15.5 Å². The molecule has 0 radical (unpaired) electrons. The van der Waals surface area contributed by atoms with Gasteiger partial charge < -0.3 is 0 Å². The molecular weight excluding hydrogens is 423 g/mol. The van der Waals surface area contributed by atoms with Gasteiger partial charge in [-0.25, -0.2) is 8.78 Å². The van der Waals surface area contributed by atoms with Crippen LogP contribution in [-0.4, -0.2) is 16.1 Å². The Hall–Kier alpha value is -1.74. The Kier molecular flexibility index (Phi) is 6.08. The largest absolute Gasteiger partial charge is 0.296 e. The molecule has 0 saturated carbocycles. The van der Waals surface area contributed by atoms with Crippen LogP contribution in [0.5, 0.6) is 0 Å². The van der Waals surface area contributed by atoms with Gasteiger partial charge in [0.15, 0.2) is 4.34 Å². The maximum atomic E-state index is 13.6. The second-order valence-corrected chi connectivity index (χ2v) is 7.93. The minimum absolute atomic E-state index is 0.130. The van der Waals surface area contributed by atoms with Gasteiger partial charge in [-0.1, -0.05) is 58.4 Å². The molecule has 1 aromatic heterocycles. The minimum Gasteiger partial charge on any atom is -0.296 e. The van der Waals surface area contributed by atoms with Crippen LogP contribution in [0.25, 0.3) is 0 Å². The normalized spacial score (nSPS) is 10.8. The molecular formula is C16H9Cl2F2N3OS2. The molecule has 0 saturated heterocycles. The van der Waals surface area contributed by atoms with E-state index >= 15 is 0 Å². The van der Waals surface area contributed by atoms with Crippen molar-refractivity contribution in [1.29, 1.82) is 0 Å². The van der Waals surface area contributed by atoms with Crippen LogP contribution in [-0.2, 0) is 5.75 Å². The summed E-state index contributed by atoms with van der Waals surface area (Å²) in [6.45, 7) is 0. The molecule has 1 amide bonds. The van der Waals surface area contributed by atoms with Gasteiger partial charge in [0.25, 0.3) is 5.91 Å². The molecule has 0 aliphatic carbocycles. The van der Waals surface area contributed by atoms with Gasteiger partial charge in [0.1, 0.15) is 17.2 Å². The summed E-state index contributed by atoms with van der Waals surface area (Å²) < 4.78 is 27.8. The highest BCUT2D eigenvalue weighted by Gasteiger charge is 2.19. The predicted molar refractivity (Wildman–Crippen MR) is 100 cm³/mol. The van der Waals surface area contributed by atoms with E-state index in [9.17, 15) is 13.6 Å². The third-order valence-electron chi connectivity index (χ3n) is 3.22. The van der Waals surface area contributed by atoms with E-state index in [1.165, 1.54) is 17.8 Å². The van der Waals surface area contributed by atoms with Gasteiger partial charge in [0.2, 0.25) is 5.13 Å². The van der Waals surface area contributed by atoms with Crippen LogP contribution in [0.3, 0.4) is 0 Å². The average Bonchev–Trinajstić information content (AvgIpc) is 3.01. The lowest BCUT2D eigenvalue weighted by molar-refractivity contribution is 0.101. The van der Waals surface area contributed by atoms with Crippen LogP contribution in [0.4, 0.5) is 13.9 Å². The first kappa shape index (κ1) is 19.0. The van der Waals surface area contributed by atoms with Crippen molar-refractivity contribution >= 4 is 57.3 Å². The van der Waals surface area contributed by atoms with Gasteiger partial charge in [-0.05, 0) is 29.8 Å². The topological polar surface area (TPSA) is 54.9 Å². The minimum atomic E-state index is -0.949.